The van der Waals surface area contributed by atoms with Gasteiger partial charge >= 0.3 is 6.09 Å². The van der Waals surface area contributed by atoms with Gasteiger partial charge in [0.05, 0.1) is 12.6 Å². The number of nitrogens with zero attached hydrogens (tertiary/aromatic N) is 3. The van der Waals surface area contributed by atoms with Crippen LogP contribution in [0.15, 0.2) is 40.0 Å². The normalized spacial score (nSPS) is 19.3. The molecule has 1 aromatic carbocycles. The lowest BCUT2D eigenvalue weighted by Crippen LogP contribution is -2.50. The maximum Gasteiger partial charge on any atom is 0.412 e. The van der Waals surface area contributed by atoms with Crippen LogP contribution in [0.3, 0.4) is 0 Å². The monoisotopic (exact) mass is 391 g/mol. The SMILES string of the molecule is CC(C)(C)OC(=O)N1[C@@H](CSc2nnc(-c3ccccc3)o2)COC1(C)C. The van der Waals surface area contributed by atoms with Crippen molar-refractivity contribution in [2.45, 2.75) is 57.2 Å². The van der Waals surface area contributed by atoms with Crippen LogP contribution < -0.4 is 0 Å². The molecule has 2 heterocycles. The van der Waals surface area contributed by atoms with E-state index in [0.29, 0.717) is 23.5 Å². The van der Waals surface area contributed by atoms with Gasteiger partial charge in [0.25, 0.3) is 5.22 Å². The van der Waals surface area contributed by atoms with Crippen LogP contribution in [0.5, 0.6) is 0 Å². The Morgan fingerprint density at radius 2 is 2.00 bits per heavy atom. The van der Waals surface area contributed by atoms with Gasteiger partial charge in [0.1, 0.15) is 11.3 Å². The van der Waals surface area contributed by atoms with E-state index in [1.54, 1.807) is 4.90 Å². The minimum atomic E-state index is -0.725. The van der Waals surface area contributed by atoms with Crippen LogP contribution in [0.25, 0.3) is 11.5 Å². The van der Waals surface area contributed by atoms with Gasteiger partial charge in [-0.05, 0) is 46.8 Å². The van der Waals surface area contributed by atoms with E-state index in [4.69, 9.17) is 13.9 Å². The van der Waals surface area contributed by atoms with E-state index in [0.717, 1.165) is 5.56 Å². The van der Waals surface area contributed by atoms with Crippen molar-refractivity contribution >= 4 is 17.9 Å². The second kappa shape index (κ2) is 7.52. The van der Waals surface area contributed by atoms with Crippen molar-refractivity contribution in [2.24, 2.45) is 0 Å². The highest BCUT2D eigenvalue weighted by atomic mass is 32.2. The Bertz CT molecular complexity index is 786. The zero-order chi connectivity index (χ0) is 19.7. The third-order valence-electron chi connectivity index (χ3n) is 3.99. The molecule has 0 bridgehead atoms. The lowest BCUT2D eigenvalue weighted by molar-refractivity contribution is -0.0617. The maximum absolute atomic E-state index is 12.7. The van der Waals surface area contributed by atoms with E-state index in [-0.39, 0.29) is 12.1 Å². The van der Waals surface area contributed by atoms with Crippen molar-refractivity contribution in [3.05, 3.63) is 30.3 Å². The van der Waals surface area contributed by atoms with Gasteiger partial charge in [-0.15, -0.1) is 10.2 Å². The first-order valence-corrected chi connectivity index (χ1v) is 9.82. The molecule has 0 unspecified atom stereocenters. The van der Waals surface area contributed by atoms with Gasteiger partial charge in [0, 0.05) is 11.3 Å². The summed E-state index contributed by atoms with van der Waals surface area (Å²) in [4.78, 5) is 14.3. The first kappa shape index (κ1) is 19.7. The van der Waals surface area contributed by atoms with Crippen molar-refractivity contribution < 1.29 is 18.7 Å². The van der Waals surface area contributed by atoms with E-state index in [1.165, 1.54) is 11.8 Å². The number of carbonyl (C=O) groups excluding carboxylic acids is 1. The number of rotatable bonds is 4. The Morgan fingerprint density at radius 3 is 2.67 bits per heavy atom. The molecule has 1 aromatic heterocycles. The van der Waals surface area contributed by atoms with Gasteiger partial charge in [0.2, 0.25) is 5.89 Å². The van der Waals surface area contributed by atoms with E-state index >= 15 is 0 Å². The minimum Gasteiger partial charge on any atom is -0.444 e. The van der Waals surface area contributed by atoms with Crippen LogP contribution in [0.4, 0.5) is 4.79 Å². The van der Waals surface area contributed by atoms with Gasteiger partial charge in [-0.3, -0.25) is 4.90 Å². The average molecular weight is 391 g/mol. The van der Waals surface area contributed by atoms with E-state index < -0.39 is 11.3 Å². The van der Waals surface area contributed by atoms with E-state index in [9.17, 15) is 4.79 Å². The van der Waals surface area contributed by atoms with Crippen molar-refractivity contribution in [2.75, 3.05) is 12.4 Å². The molecule has 27 heavy (non-hydrogen) atoms. The minimum absolute atomic E-state index is 0.146. The molecule has 1 aliphatic rings. The smallest absolute Gasteiger partial charge is 0.412 e. The number of thioether (sulfide) groups is 1. The molecule has 1 amide bonds. The summed E-state index contributed by atoms with van der Waals surface area (Å²) in [5.41, 5.74) is -0.417. The summed E-state index contributed by atoms with van der Waals surface area (Å²) in [6, 6.07) is 9.46. The second-order valence-corrected chi connectivity index (χ2v) is 8.78. The van der Waals surface area contributed by atoms with Crippen LogP contribution in [0, 0.1) is 0 Å². The topological polar surface area (TPSA) is 77.7 Å². The third kappa shape index (κ3) is 4.81. The quantitative estimate of drug-likeness (QED) is 0.723. The summed E-state index contributed by atoms with van der Waals surface area (Å²) >= 11 is 1.40. The molecule has 2 aromatic rings. The van der Waals surface area contributed by atoms with Crippen molar-refractivity contribution in [3.63, 3.8) is 0 Å². The fourth-order valence-electron chi connectivity index (χ4n) is 2.82. The molecule has 1 fully saturated rings. The van der Waals surface area contributed by atoms with Crippen molar-refractivity contribution in [1.82, 2.24) is 15.1 Å². The number of hydrogen-bond acceptors (Lipinski definition) is 7. The van der Waals surface area contributed by atoms with E-state index in [2.05, 4.69) is 10.2 Å². The average Bonchev–Trinajstić information content (AvgIpc) is 3.16. The molecule has 7 nitrogen and oxygen atoms in total. The second-order valence-electron chi connectivity index (χ2n) is 7.81. The summed E-state index contributed by atoms with van der Waals surface area (Å²) in [5.74, 6) is 1.05. The van der Waals surface area contributed by atoms with Gasteiger partial charge < -0.3 is 13.9 Å². The lowest BCUT2D eigenvalue weighted by atomic mass is 10.2. The summed E-state index contributed by atoms with van der Waals surface area (Å²) < 4.78 is 17.1. The lowest BCUT2D eigenvalue weighted by Gasteiger charge is -2.34. The van der Waals surface area contributed by atoms with Gasteiger partial charge in [-0.25, -0.2) is 4.79 Å². The zero-order valence-corrected chi connectivity index (χ0v) is 17.1. The first-order chi connectivity index (χ1) is 12.7. The molecular weight excluding hydrogens is 366 g/mol. The molecule has 0 saturated carbocycles. The fraction of sp³-hybridized carbons (Fsp3) is 0.526. The van der Waals surface area contributed by atoms with Crippen molar-refractivity contribution in [1.29, 1.82) is 0 Å². The molecule has 0 N–H and O–H groups in total. The zero-order valence-electron chi connectivity index (χ0n) is 16.3. The van der Waals surface area contributed by atoms with Crippen LogP contribution >= 0.6 is 11.8 Å². The van der Waals surface area contributed by atoms with Crippen LogP contribution in [0.1, 0.15) is 34.6 Å². The largest absolute Gasteiger partial charge is 0.444 e. The molecule has 1 atom stereocenters. The van der Waals surface area contributed by atoms with Crippen molar-refractivity contribution in [3.8, 4) is 11.5 Å². The molecule has 0 aliphatic carbocycles. The van der Waals surface area contributed by atoms with Crippen LogP contribution in [-0.4, -0.2) is 50.9 Å². The Balaban J connectivity index is 1.66. The Hall–Kier alpha value is -2.06. The molecule has 1 saturated heterocycles. The summed E-state index contributed by atoms with van der Waals surface area (Å²) in [6.07, 6.45) is -0.383. The molecule has 3 rings (SSSR count). The number of ether oxygens (including phenoxy) is 2. The Morgan fingerprint density at radius 1 is 1.30 bits per heavy atom. The predicted molar refractivity (Wildman–Crippen MR) is 102 cm³/mol. The summed E-state index contributed by atoms with van der Waals surface area (Å²) in [6.45, 7) is 9.70. The maximum atomic E-state index is 12.7. The summed E-state index contributed by atoms with van der Waals surface area (Å²) in [5, 5.41) is 8.64. The number of aromatic nitrogens is 2. The number of hydrogen-bond donors (Lipinski definition) is 0. The Labute approximate surface area is 163 Å². The van der Waals surface area contributed by atoms with Crippen LogP contribution in [0.2, 0.25) is 0 Å². The highest BCUT2D eigenvalue weighted by Gasteiger charge is 2.45. The summed E-state index contributed by atoms with van der Waals surface area (Å²) in [7, 11) is 0. The first-order valence-electron chi connectivity index (χ1n) is 8.84. The third-order valence-corrected chi connectivity index (χ3v) is 4.95. The molecule has 8 heteroatoms. The number of benzene rings is 1. The molecule has 146 valence electrons. The molecule has 0 spiro atoms. The highest BCUT2D eigenvalue weighted by molar-refractivity contribution is 7.99. The number of carbonyl (C=O) groups is 1. The van der Waals surface area contributed by atoms with Gasteiger partial charge in [-0.2, -0.15) is 0 Å². The highest BCUT2D eigenvalue weighted by Crippen LogP contribution is 2.32. The standard InChI is InChI=1S/C19H25N3O4S/c1-18(2,3)26-17(23)22-14(11-24-19(22,4)5)12-27-16-21-20-15(25-16)13-9-7-6-8-10-13/h6-10,14H,11-12H2,1-5H3/t14-/m1/s1. The van der Waals surface area contributed by atoms with Crippen LogP contribution in [-0.2, 0) is 9.47 Å². The molecule has 1 aliphatic heterocycles. The molecule has 0 radical (unpaired) electrons. The predicted octanol–water partition coefficient (Wildman–Crippen LogP) is 4.20. The number of amides is 1. The molecular formula is C19H25N3O4S. The van der Waals surface area contributed by atoms with E-state index in [1.807, 2.05) is 65.0 Å². The Kier molecular flexibility index (Phi) is 5.48. The fourth-order valence-corrected chi connectivity index (χ4v) is 3.64. The van der Waals surface area contributed by atoms with Gasteiger partial charge in [0.15, 0.2) is 0 Å². The van der Waals surface area contributed by atoms with Gasteiger partial charge in [-0.1, -0.05) is 30.0 Å².